The van der Waals surface area contributed by atoms with Crippen molar-refractivity contribution in [2.24, 2.45) is 0 Å². The standard InChI is InChI=1S/C19H15BrClNO4S/c1-25-15-9-13(20)7-12(17(15)26-2)8-16-18(23)22(19(24)27-16)10-11-3-5-14(21)6-4-11/h3-9H,10H2,1-2H3/b16-8+. The van der Waals surface area contributed by atoms with E-state index in [2.05, 4.69) is 15.9 Å². The van der Waals surface area contributed by atoms with Crippen molar-refractivity contribution in [2.75, 3.05) is 14.2 Å². The van der Waals surface area contributed by atoms with Gasteiger partial charge < -0.3 is 9.47 Å². The molecule has 0 saturated carbocycles. The van der Waals surface area contributed by atoms with E-state index in [0.29, 0.717) is 27.0 Å². The molecule has 1 aliphatic heterocycles. The number of methoxy groups -OCH3 is 2. The summed E-state index contributed by atoms with van der Waals surface area (Å²) in [4.78, 5) is 26.6. The summed E-state index contributed by atoms with van der Waals surface area (Å²) in [6, 6.07) is 10.6. The predicted octanol–water partition coefficient (Wildman–Crippen LogP) is 5.36. The maximum atomic E-state index is 12.7. The summed E-state index contributed by atoms with van der Waals surface area (Å²) in [6.45, 7) is 0.193. The largest absolute Gasteiger partial charge is 0.493 e. The van der Waals surface area contributed by atoms with E-state index in [1.807, 2.05) is 0 Å². The third-order valence-electron chi connectivity index (χ3n) is 3.89. The molecule has 2 aromatic carbocycles. The minimum absolute atomic E-state index is 0.193. The highest BCUT2D eigenvalue weighted by atomic mass is 79.9. The molecule has 5 nitrogen and oxygen atoms in total. The summed E-state index contributed by atoms with van der Waals surface area (Å²) >= 11 is 10.2. The normalized spacial score (nSPS) is 15.6. The zero-order valence-electron chi connectivity index (χ0n) is 14.5. The van der Waals surface area contributed by atoms with Crippen LogP contribution in [0.4, 0.5) is 4.79 Å². The molecule has 0 atom stereocenters. The maximum absolute atomic E-state index is 12.7. The van der Waals surface area contributed by atoms with E-state index < -0.39 is 0 Å². The number of nitrogens with zero attached hydrogens (tertiary/aromatic N) is 1. The molecule has 3 rings (SSSR count). The molecule has 1 aliphatic rings. The van der Waals surface area contributed by atoms with Crippen molar-refractivity contribution in [3.63, 3.8) is 0 Å². The van der Waals surface area contributed by atoms with Crippen LogP contribution in [0, 0.1) is 0 Å². The van der Waals surface area contributed by atoms with Gasteiger partial charge in [0.1, 0.15) is 0 Å². The van der Waals surface area contributed by atoms with E-state index in [1.165, 1.54) is 19.1 Å². The average Bonchev–Trinajstić information content (AvgIpc) is 2.90. The van der Waals surface area contributed by atoms with Gasteiger partial charge in [-0.15, -0.1) is 0 Å². The lowest BCUT2D eigenvalue weighted by atomic mass is 10.1. The fourth-order valence-corrected chi connectivity index (χ4v) is 4.03. The smallest absolute Gasteiger partial charge is 0.293 e. The van der Waals surface area contributed by atoms with Gasteiger partial charge in [-0.05, 0) is 47.7 Å². The molecule has 0 unspecified atom stereocenters. The second-order valence-electron chi connectivity index (χ2n) is 5.62. The summed E-state index contributed by atoms with van der Waals surface area (Å²) in [5.41, 5.74) is 1.46. The molecule has 0 bridgehead atoms. The molecule has 1 heterocycles. The Labute approximate surface area is 174 Å². The second kappa shape index (κ2) is 8.37. The van der Waals surface area contributed by atoms with Crippen LogP contribution in [-0.4, -0.2) is 30.3 Å². The zero-order valence-corrected chi connectivity index (χ0v) is 17.7. The van der Waals surface area contributed by atoms with Crippen LogP contribution in [0.2, 0.25) is 5.02 Å². The average molecular weight is 469 g/mol. The van der Waals surface area contributed by atoms with E-state index in [-0.39, 0.29) is 17.7 Å². The van der Waals surface area contributed by atoms with Crippen LogP contribution < -0.4 is 9.47 Å². The molecule has 1 fully saturated rings. The van der Waals surface area contributed by atoms with Crippen LogP contribution >= 0.6 is 39.3 Å². The lowest BCUT2D eigenvalue weighted by Gasteiger charge is -2.13. The van der Waals surface area contributed by atoms with Gasteiger partial charge in [-0.3, -0.25) is 14.5 Å². The van der Waals surface area contributed by atoms with Crippen molar-refractivity contribution < 1.29 is 19.1 Å². The Morgan fingerprint density at radius 3 is 2.48 bits per heavy atom. The third-order valence-corrected chi connectivity index (χ3v) is 5.50. The fraction of sp³-hybridized carbons (Fsp3) is 0.158. The molecule has 0 aliphatic carbocycles. The summed E-state index contributed by atoms with van der Waals surface area (Å²) in [7, 11) is 3.06. The highest BCUT2D eigenvalue weighted by molar-refractivity contribution is 9.10. The molecule has 0 spiro atoms. The van der Waals surface area contributed by atoms with Gasteiger partial charge in [0, 0.05) is 15.1 Å². The Hall–Kier alpha value is -1.96. The maximum Gasteiger partial charge on any atom is 0.293 e. The molecule has 8 heteroatoms. The van der Waals surface area contributed by atoms with Crippen molar-refractivity contribution in [3.05, 3.63) is 61.9 Å². The monoisotopic (exact) mass is 467 g/mol. The molecule has 140 valence electrons. The number of carbonyl (C=O) groups excluding carboxylic acids is 2. The number of imide groups is 1. The summed E-state index contributed by atoms with van der Waals surface area (Å²) in [6.07, 6.45) is 1.64. The topological polar surface area (TPSA) is 55.8 Å². The fourth-order valence-electron chi connectivity index (χ4n) is 2.62. The number of halogens is 2. The van der Waals surface area contributed by atoms with Crippen LogP contribution in [0.3, 0.4) is 0 Å². The number of benzene rings is 2. The second-order valence-corrected chi connectivity index (χ2v) is 7.97. The minimum atomic E-state index is -0.346. The lowest BCUT2D eigenvalue weighted by molar-refractivity contribution is -0.123. The number of carbonyl (C=O) groups is 2. The molecule has 0 N–H and O–H groups in total. The number of thioether (sulfide) groups is 1. The Kier molecular flexibility index (Phi) is 6.14. The van der Waals surface area contributed by atoms with Gasteiger partial charge in [0.15, 0.2) is 11.5 Å². The number of hydrogen-bond acceptors (Lipinski definition) is 5. The quantitative estimate of drug-likeness (QED) is 0.553. The molecular formula is C19H15BrClNO4S. The first-order valence-corrected chi connectivity index (χ1v) is 9.83. The highest BCUT2D eigenvalue weighted by Crippen LogP contribution is 2.39. The van der Waals surface area contributed by atoms with Crippen LogP contribution in [0.25, 0.3) is 6.08 Å². The van der Waals surface area contributed by atoms with Crippen LogP contribution in [0.5, 0.6) is 11.5 Å². The Morgan fingerprint density at radius 1 is 1.15 bits per heavy atom. The summed E-state index contributed by atoms with van der Waals surface area (Å²) in [5, 5.41) is 0.283. The first-order chi connectivity index (χ1) is 12.9. The number of hydrogen-bond donors (Lipinski definition) is 0. The van der Waals surface area contributed by atoms with Crippen LogP contribution in [0.1, 0.15) is 11.1 Å². The van der Waals surface area contributed by atoms with Gasteiger partial charge in [0.2, 0.25) is 0 Å². The van der Waals surface area contributed by atoms with Gasteiger partial charge in [-0.2, -0.15) is 0 Å². The predicted molar refractivity (Wildman–Crippen MR) is 110 cm³/mol. The number of rotatable bonds is 5. The molecule has 1 saturated heterocycles. The van der Waals surface area contributed by atoms with Gasteiger partial charge >= 0.3 is 0 Å². The van der Waals surface area contributed by atoms with Gasteiger partial charge in [-0.1, -0.05) is 39.7 Å². The van der Waals surface area contributed by atoms with Crippen LogP contribution in [-0.2, 0) is 11.3 Å². The number of amides is 2. The van der Waals surface area contributed by atoms with Crippen molar-refractivity contribution in [3.8, 4) is 11.5 Å². The van der Waals surface area contributed by atoms with Crippen molar-refractivity contribution >= 4 is 56.5 Å². The Morgan fingerprint density at radius 2 is 1.85 bits per heavy atom. The first kappa shape index (κ1) is 19.8. The van der Waals surface area contributed by atoms with E-state index in [9.17, 15) is 9.59 Å². The van der Waals surface area contributed by atoms with Gasteiger partial charge in [-0.25, -0.2) is 0 Å². The van der Waals surface area contributed by atoms with Crippen molar-refractivity contribution in [1.29, 1.82) is 0 Å². The first-order valence-electron chi connectivity index (χ1n) is 7.84. The minimum Gasteiger partial charge on any atom is -0.493 e. The van der Waals surface area contributed by atoms with E-state index >= 15 is 0 Å². The summed E-state index contributed by atoms with van der Waals surface area (Å²) in [5.74, 6) is 0.671. The molecule has 0 radical (unpaired) electrons. The van der Waals surface area contributed by atoms with E-state index in [0.717, 1.165) is 21.8 Å². The van der Waals surface area contributed by atoms with Crippen LogP contribution in [0.15, 0.2) is 45.8 Å². The lowest BCUT2D eigenvalue weighted by Crippen LogP contribution is -2.27. The van der Waals surface area contributed by atoms with E-state index in [4.69, 9.17) is 21.1 Å². The number of ether oxygens (including phenoxy) is 2. The Balaban J connectivity index is 1.90. The highest BCUT2D eigenvalue weighted by Gasteiger charge is 2.35. The Bertz CT molecular complexity index is 930. The zero-order chi connectivity index (χ0) is 19.6. The SMILES string of the molecule is COc1cc(Br)cc(/C=C2/SC(=O)N(Cc3ccc(Cl)cc3)C2=O)c1OC. The molecule has 2 aromatic rings. The van der Waals surface area contributed by atoms with Crippen molar-refractivity contribution in [2.45, 2.75) is 6.54 Å². The van der Waals surface area contributed by atoms with Crippen molar-refractivity contribution in [1.82, 2.24) is 4.90 Å². The van der Waals surface area contributed by atoms with Gasteiger partial charge in [0.25, 0.3) is 11.1 Å². The molecule has 2 amide bonds. The van der Waals surface area contributed by atoms with Gasteiger partial charge in [0.05, 0.1) is 25.7 Å². The third kappa shape index (κ3) is 4.31. The molecule has 27 heavy (non-hydrogen) atoms. The summed E-state index contributed by atoms with van der Waals surface area (Å²) < 4.78 is 11.5. The van der Waals surface area contributed by atoms with E-state index in [1.54, 1.807) is 42.5 Å². The molecular weight excluding hydrogens is 454 g/mol. The molecule has 0 aromatic heterocycles.